The van der Waals surface area contributed by atoms with Crippen molar-refractivity contribution in [2.24, 2.45) is 4.99 Å². The van der Waals surface area contributed by atoms with E-state index in [1.54, 1.807) is 18.4 Å². The molecule has 0 rings (SSSR count). The topological polar surface area (TPSA) is 12.4 Å². The first-order valence-corrected chi connectivity index (χ1v) is 2.42. The third-order valence-electron chi connectivity index (χ3n) is 0.491. The molecule has 0 amide bonds. The molecule has 0 aliphatic rings. The van der Waals surface area contributed by atoms with Crippen molar-refractivity contribution < 1.29 is 0 Å². The average molecular weight is 107 g/mol. The Hall–Kier alpha value is -1.07. The second-order valence-corrected chi connectivity index (χ2v) is 1.14. The molecule has 0 aromatic carbocycles. The van der Waals surface area contributed by atoms with Gasteiger partial charge in [-0.2, -0.15) is 0 Å². The lowest BCUT2D eigenvalue weighted by molar-refractivity contribution is 1.56. The standard InChI is InChI=1S/C7H9N/c1-3-5-7-8-6-4-2/h3-6H,1H2,2H3/b6-4-. The average Bonchev–Trinajstić information content (AvgIpc) is 1.81. The maximum Gasteiger partial charge on any atom is 0.0325 e. The molecule has 1 nitrogen and oxygen atoms in total. The number of allylic oxidation sites excluding steroid dienone is 3. The fourth-order valence-corrected chi connectivity index (χ4v) is 0.213. The van der Waals surface area contributed by atoms with Crippen LogP contribution in [-0.2, 0) is 0 Å². The van der Waals surface area contributed by atoms with E-state index in [0.29, 0.717) is 0 Å². The summed E-state index contributed by atoms with van der Waals surface area (Å²) in [6.45, 7) is 5.36. The van der Waals surface area contributed by atoms with E-state index >= 15 is 0 Å². The molecule has 0 aliphatic heterocycles. The molecule has 0 radical (unpaired) electrons. The van der Waals surface area contributed by atoms with Gasteiger partial charge in [-0.1, -0.05) is 18.7 Å². The van der Waals surface area contributed by atoms with Crippen molar-refractivity contribution in [3.8, 4) is 0 Å². The van der Waals surface area contributed by atoms with E-state index in [-0.39, 0.29) is 0 Å². The molecule has 0 saturated heterocycles. The SMILES string of the molecule is C=CC=C=N/C=C\C. The van der Waals surface area contributed by atoms with Gasteiger partial charge in [0, 0.05) is 6.20 Å². The fourth-order valence-electron chi connectivity index (χ4n) is 0.213. The molecule has 0 unspecified atom stereocenters. The maximum absolute atomic E-state index is 3.72. The first-order valence-electron chi connectivity index (χ1n) is 2.42. The van der Waals surface area contributed by atoms with Crippen molar-refractivity contribution in [2.45, 2.75) is 6.92 Å². The highest BCUT2D eigenvalue weighted by molar-refractivity contribution is 5.55. The van der Waals surface area contributed by atoms with Crippen LogP contribution in [-0.4, -0.2) is 5.87 Å². The van der Waals surface area contributed by atoms with E-state index in [9.17, 15) is 0 Å². The summed E-state index contributed by atoms with van der Waals surface area (Å²) >= 11 is 0. The van der Waals surface area contributed by atoms with Crippen molar-refractivity contribution >= 4 is 5.87 Å². The third-order valence-corrected chi connectivity index (χ3v) is 0.491. The highest BCUT2D eigenvalue weighted by Crippen LogP contribution is 1.67. The van der Waals surface area contributed by atoms with Gasteiger partial charge in [0.2, 0.25) is 0 Å². The van der Waals surface area contributed by atoms with Gasteiger partial charge in [-0.3, -0.25) is 0 Å². The Bertz CT molecular complexity index is 136. The number of hydrogen-bond acceptors (Lipinski definition) is 1. The van der Waals surface area contributed by atoms with Crippen LogP contribution in [0.3, 0.4) is 0 Å². The molecule has 0 N–H and O–H groups in total. The predicted octanol–water partition coefficient (Wildman–Crippen LogP) is 1.93. The second kappa shape index (κ2) is 5.93. The van der Waals surface area contributed by atoms with Gasteiger partial charge in [-0.25, -0.2) is 4.99 Å². The number of nitrogens with zero attached hydrogens (tertiary/aromatic N) is 1. The molecule has 0 aromatic rings. The van der Waals surface area contributed by atoms with E-state index < -0.39 is 0 Å². The maximum atomic E-state index is 3.72. The molecule has 0 fully saturated rings. The van der Waals surface area contributed by atoms with Gasteiger partial charge < -0.3 is 0 Å². The number of hydrogen-bond donors (Lipinski definition) is 0. The summed E-state index contributed by atoms with van der Waals surface area (Å²) in [5.74, 6) is 2.63. The van der Waals surface area contributed by atoms with Crippen LogP contribution < -0.4 is 0 Å². The van der Waals surface area contributed by atoms with Gasteiger partial charge in [0.05, 0.1) is 0 Å². The third kappa shape index (κ3) is 4.93. The van der Waals surface area contributed by atoms with Crippen LogP contribution in [0.1, 0.15) is 6.92 Å². The van der Waals surface area contributed by atoms with E-state index in [1.165, 1.54) is 0 Å². The minimum absolute atomic E-state index is 1.63. The van der Waals surface area contributed by atoms with E-state index in [0.717, 1.165) is 0 Å². The molecule has 0 heterocycles. The Balaban J connectivity index is 3.63. The van der Waals surface area contributed by atoms with Gasteiger partial charge in [0.15, 0.2) is 0 Å². The fraction of sp³-hybridized carbons (Fsp3) is 0.143. The molecule has 0 saturated carbocycles. The molecule has 0 atom stereocenters. The first-order chi connectivity index (χ1) is 3.91. The molecule has 42 valence electrons. The smallest absolute Gasteiger partial charge is 0.0325 e. The summed E-state index contributed by atoms with van der Waals surface area (Å²) in [5, 5.41) is 0. The van der Waals surface area contributed by atoms with Crippen molar-refractivity contribution in [3.63, 3.8) is 0 Å². The zero-order chi connectivity index (χ0) is 6.24. The highest BCUT2D eigenvalue weighted by Gasteiger charge is 1.50. The van der Waals surface area contributed by atoms with Crippen LogP contribution in [0.15, 0.2) is 36.0 Å². The van der Waals surface area contributed by atoms with Crippen LogP contribution in [0.2, 0.25) is 0 Å². The molecule has 0 spiro atoms. The molecule has 1 heteroatoms. The Morgan fingerprint density at radius 2 is 2.38 bits per heavy atom. The first kappa shape index (κ1) is 6.93. The summed E-state index contributed by atoms with van der Waals surface area (Å²) in [4.78, 5) is 3.72. The summed E-state index contributed by atoms with van der Waals surface area (Å²) in [6.07, 6.45) is 6.79. The van der Waals surface area contributed by atoms with Crippen molar-refractivity contribution in [1.29, 1.82) is 0 Å². The second-order valence-electron chi connectivity index (χ2n) is 1.14. The minimum atomic E-state index is 1.63. The van der Waals surface area contributed by atoms with E-state index in [4.69, 9.17) is 0 Å². The van der Waals surface area contributed by atoms with Crippen LogP contribution in [0.4, 0.5) is 0 Å². The largest absolute Gasteiger partial charge is 0.215 e. The van der Waals surface area contributed by atoms with E-state index in [1.807, 2.05) is 13.0 Å². The summed E-state index contributed by atoms with van der Waals surface area (Å²) < 4.78 is 0. The minimum Gasteiger partial charge on any atom is -0.215 e. The summed E-state index contributed by atoms with van der Waals surface area (Å²) in [6, 6.07) is 0. The zero-order valence-electron chi connectivity index (χ0n) is 4.96. The molecular weight excluding hydrogens is 98.1 g/mol. The molecule has 0 aliphatic carbocycles. The van der Waals surface area contributed by atoms with Crippen LogP contribution in [0, 0.1) is 0 Å². The van der Waals surface area contributed by atoms with Crippen molar-refractivity contribution in [2.75, 3.05) is 0 Å². The highest BCUT2D eigenvalue weighted by atomic mass is 14.6. The van der Waals surface area contributed by atoms with Crippen LogP contribution in [0.5, 0.6) is 0 Å². The normalized spacial score (nSPS) is 8.12. The van der Waals surface area contributed by atoms with Gasteiger partial charge >= 0.3 is 0 Å². The van der Waals surface area contributed by atoms with E-state index in [2.05, 4.69) is 17.4 Å². The Kier molecular flexibility index (Phi) is 5.14. The monoisotopic (exact) mass is 107 g/mol. The van der Waals surface area contributed by atoms with Crippen LogP contribution in [0.25, 0.3) is 0 Å². The molecule has 0 bridgehead atoms. The molecule has 0 aromatic heterocycles. The lowest BCUT2D eigenvalue weighted by Gasteiger charge is -1.62. The number of rotatable bonds is 2. The van der Waals surface area contributed by atoms with Crippen molar-refractivity contribution in [1.82, 2.24) is 0 Å². The van der Waals surface area contributed by atoms with Crippen molar-refractivity contribution in [3.05, 3.63) is 31.0 Å². The zero-order valence-corrected chi connectivity index (χ0v) is 4.96. The van der Waals surface area contributed by atoms with Gasteiger partial charge in [0.1, 0.15) is 0 Å². The quantitative estimate of drug-likeness (QED) is 0.377. The van der Waals surface area contributed by atoms with Crippen LogP contribution >= 0.6 is 0 Å². The van der Waals surface area contributed by atoms with Gasteiger partial charge in [0.25, 0.3) is 0 Å². The molecule has 8 heavy (non-hydrogen) atoms. The number of aliphatic imine (C=N–C) groups is 1. The lowest BCUT2D eigenvalue weighted by Crippen LogP contribution is -1.48. The molecular formula is C7H9N. The summed E-state index contributed by atoms with van der Waals surface area (Å²) in [5.41, 5.74) is 0. The van der Waals surface area contributed by atoms with Gasteiger partial charge in [-0.05, 0) is 18.9 Å². The Morgan fingerprint density at radius 1 is 1.62 bits per heavy atom. The summed E-state index contributed by atoms with van der Waals surface area (Å²) in [7, 11) is 0. The Labute approximate surface area is 49.8 Å². The van der Waals surface area contributed by atoms with Gasteiger partial charge in [-0.15, -0.1) is 0 Å². The predicted molar refractivity (Wildman–Crippen MR) is 37.0 cm³/mol. The Morgan fingerprint density at radius 3 is 2.88 bits per heavy atom. The lowest BCUT2D eigenvalue weighted by atomic mass is 10.6.